The number of aliphatic hydroxyl groups is 1. The lowest BCUT2D eigenvalue weighted by molar-refractivity contribution is 0.154. The van der Waals surface area contributed by atoms with Gasteiger partial charge in [0, 0.05) is 19.1 Å². The maximum Gasteiger partial charge on any atom is 0.146 e. The van der Waals surface area contributed by atoms with E-state index in [0.717, 1.165) is 24.9 Å². The molecule has 1 aromatic carbocycles. The van der Waals surface area contributed by atoms with Crippen molar-refractivity contribution in [2.75, 3.05) is 18.0 Å². The molecule has 3 N–H and O–H groups in total. The Bertz CT molecular complexity index is 395. The summed E-state index contributed by atoms with van der Waals surface area (Å²) in [6, 6.07) is 4.77. The van der Waals surface area contributed by atoms with Gasteiger partial charge in [-0.2, -0.15) is 0 Å². The molecule has 3 nitrogen and oxygen atoms in total. The van der Waals surface area contributed by atoms with Gasteiger partial charge in [-0.15, -0.1) is 0 Å². The quantitative estimate of drug-likeness (QED) is 0.826. The van der Waals surface area contributed by atoms with Crippen LogP contribution in [0.15, 0.2) is 18.2 Å². The summed E-state index contributed by atoms with van der Waals surface area (Å²) in [5.41, 5.74) is 7.23. The van der Waals surface area contributed by atoms with E-state index >= 15 is 0 Å². The molecule has 0 aliphatic carbocycles. The number of rotatable bonds is 2. The van der Waals surface area contributed by atoms with Crippen LogP contribution >= 0.6 is 0 Å². The first-order chi connectivity index (χ1) is 8.09. The fourth-order valence-electron chi connectivity index (χ4n) is 2.39. The lowest BCUT2D eigenvalue weighted by atomic mass is 10.0. The molecule has 1 fully saturated rings. The van der Waals surface area contributed by atoms with Gasteiger partial charge in [-0.05, 0) is 31.4 Å². The Morgan fingerprint density at radius 2 is 2.29 bits per heavy atom. The first kappa shape index (κ1) is 12.3. The van der Waals surface area contributed by atoms with Crippen LogP contribution in [0.5, 0.6) is 0 Å². The zero-order valence-corrected chi connectivity index (χ0v) is 10.1. The largest absolute Gasteiger partial charge is 0.391 e. The molecule has 0 radical (unpaired) electrons. The number of nitrogens with two attached hydrogens (primary N) is 1. The average Bonchev–Trinajstić information content (AvgIpc) is 2.28. The molecule has 1 aliphatic rings. The molecule has 2 atom stereocenters. The number of β-amino-alcohol motifs (C(OH)–C–C–N with tert-alkyl or cyclic N) is 1. The minimum atomic E-state index is -0.371. The lowest BCUT2D eigenvalue weighted by Gasteiger charge is -2.34. The average molecular weight is 238 g/mol. The molecule has 1 heterocycles. The van der Waals surface area contributed by atoms with Crippen molar-refractivity contribution in [3.8, 4) is 0 Å². The number of piperidine rings is 1. The topological polar surface area (TPSA) is 49.5 Å². The van der Waals surface area contributed by atoms with E-state index in [2.05, 4.69) is 0 Å². The second-order valence-corrected chi connectivity index (χ2v) is 4.71. The number of hydrogen-bond donors (Lipinski definition) is 2. The zero-order valence-electron chi connectivity index (χ0n) is 10.1. The SMILES string of the molecule is CC(N)c1cccc(F)c1N1CCCC(O)C1. The van der Waals surface area contributed by atoms with E-state index in [-0.39, 0.29) is 18.0 Å². The molecule has 0 saturated carbocycles. The molecule has 94 valence electrons. The van der Waals surface area contributed by atoms with Crippen molar-refractivity contribution in [3.63, 3.8) is 0 Å². The standard InChI is InChI=1S/C13H19FN2O/c1-9(15)11-5-2-6-12(14)13(11)16-7-3-4-10(17)8-16/h2,5-6,9-10,17H,3-4,7-8,15H2,1H3. The molecule has 2 rings (SSSR count). The van der Waals surface area contributed by atoms with Crippen LogP contribution in [0.25, 0.3) is 0 Å². The van der Waals surface area contributed by atoms with Crippen molar-refractivity contribution in [2.45, 2.75) is 31.9 Å². The van der Waals surface area contributed by atoms with Crippen molar-refractivity contribution >= 4 is 5.69 Å². The van der Waals surface area contributed by atoms with Crippen molar-refractivity contribution in [1.82, 2.24) is 0 Å². The third-order valence-corrected chi connectivity index (χ3v) is 3.22. The Kier molecular flexibility index (Phi) is 3.64. The van der Waals surface area contributed by atoms with E-state index in [4.69, 9.17) is 5.73 Å². The smallest absolute Gasteiger partial charge is 0.146 e. The fourth-order valence-corrected chi connectivity index (χ4v) is 2.39. The van der Waals surface area contributed by atoms with Gasteiger partial charge in [-0.25, -0.2) is 4.39 Å². The molecule has 1 aliphatic heterocycles. The molecule has 0 spiro atoms. The van der Waals surface area contributed by atoms with Gasteiger partial charge in [0.1, 0.15) is 5.82 Å². The van der Waals surface area contributed by atoms with Crippen molar-refractivity contribution in [1.29, 1.82) is 0 Å². The number of benzene rings is 1. The highest BCUT2D eigenvalue weighted by atomic mass is 19.1. The van der Waals surface area contributed by atoms with E-state index < -0.39 is 0 Å². The Balaban J connectivity index is 2.35. The number of halogens is 1. The fraction of sp³-hybridized carbons (Fsp3) is 0.538. The highest BCUT2D eigenvalue weighted by Gasteiger charge is 2.23. The van der Waals surface area contributed by atoms with E-state index in [1.807, 2.05) is 17.9 Å². The van der Waals surface area contributed by atoms with Gasteiger partial charge in [0.25, 0.3) is 0 Å². The third-order valence-electron chi connectivity index (χ3n) is 3.22. The molecule has 2 unspecified atom stereocenters. The van der Waals surface area contributed by atoms with Crippen LogP contribution in [-0.4, -0.2) is 24.3 Å². The van der Waals surface area contributed by atoms with Gasteiger partial charge >= 0.3 is 0 Å². The van der Waals surface area contributed by atoms with Crippen LogP contribution in [0.2, 0.25) is 0 Å². The second-order valence-electron chi connectivity index (χ2n) is 4.71. The van der Waals surface area contributed by atoms with E-state index in [1.165, 1.54) is 6.07 Å². The van der Waals surface area contributed by atoms with Crippen LogP contribution in [0.4, 0.5) is 10.1 Å². The number of para-hydroxylation sites is 1. The van der Waals surface area contributed by atoms with E-state index in [9.17, 15) is 9.50 Å². The summed E-state index contributed by atoms with van der Waals surface area (Å²) >= 11 is 0. The van der Waals surface area contributed by atoms with Crippen LogP contribution in [0.3, 0.4) is 0 Å². The first-order valence-electron chi connectivity index (χ1n) is 6.06. The maximum absolute atomic E-state index is 13.9. The number of nitrogens with zero attached hydrogens (tertiary/aromatic N) is 1. The molecule has 0 amide bonds. The van der Waals surface area contributed by atoms with Crippen molar-refractivity contribution in [3.05, 3.63) is 29.6 Å². The Morgan fingerprint density at radius 1 is 1.53 bits per heavy atom. The van der Waals surface area contributed by atoms with Crippen molar-refractivity contribution in [2.24, 2.45) is 5.73 Å². The van der Waals surface area contributed by atoms with Crippen LogP contribution < -0.4 is 10.6 Å². The Morgan fingerprint density at radius 3 is 2.94 bits per heavy atom. The zero-order chi connectivity index (χ0) is 12.4. The molecular weight excluding hydrogens is 219 g/mol. The highest BCUT2D eigenvalue weighted by molar-refractivity contribution is 5.56. The molecule has 0 bridgehead atoms. The molecule has 1 aromatic rings. The predicted molar refractivity (Wildman–Crippen MR) is 66.5 cm³/mol. The van der Waals surface area contributed by atoms with Crippen LogP contribution in [-0.2, 0) is 0 Å². The summed E-state index contributed by atoms with van der Waals surface area (Å²) in [5, 5.41) is 9.67. The summed E-state index contributed by atoms with van der Waals surface area (Å²) in [6.45, 7) is 3.11. The van der Waals surface area contributed by atoms with Gasteiger partial charge in [-0.1, -0.05) is 12.1 Å². The maximum atomic E-state index is 13.9. The highest BCUT2D eigenvalue weighted by Crippen LogP contribution is 2.30. The summed E-state index contributed by atoms with van der Waals surface area (Å²) < 4.78 is 13.9. The molecule has 0 aromatic heterocycles. The lowest BCUT2D eigenvalue weighted by Crippen LogP contribution is -2.39. The summed E-state index contributed by atoms with van der Waals surface area (Å²) in [5.74, 6) is -0.256. The monoisotopic (exact) mass is 238 g/mol. The number of aliphatic hydroxyl groups excluding tert-OH is 1. The van der Waals surface area contributed by atoms with Gasteiger partial charge < -0.3 is 15.7 Å². The van der Waals surface area contributed by atoms with Gasteiger partial charge in [0.2, 0.25) is 0 Å². The minimum Gasteiger partial charge on any atom is -0.391 e. The van der Waals surface area contributed by atoms with Crippen LogP contribution in [0, 0.1) is 5.82 Å². The normalized spacial score (nSPS) is 22.6. The van der Waals surface area contributed by atoms with Gasteiger partial charge in [0.05, 0.1) is 11.8 Å². The molecule has 17 heavy (non-hydrogen) atoms. The van der Waals surface area contributed by atoms with Crippen molar-refractivity contribution < 1.29 is 9.50 Å². The molecular formula is C13H19FN2O. The minimum absolute atomic E-state index is 0.209. The van der Waals surface area contributed by atoms with Crippen LogP contribution in [0.1, 0.15) is 31.4 Å². The van der Waals surface area contributed by atoms with Gasteiger partial charge in [0.15, 0.2) is 0 Å². The number of hydrogen-bond acceptors (Lipinski definition) is 3. The summed E-state index contributed by atoms with van der Waals surface area (Å²) in [7, 11) is 0. The Hall–Kier alpha value is -1.13. The van der Waals surface area contributed by atoms with Gasteiger partial charge in [-0.3, -0.25) is 0 Å². The third kappa shape index (κ3) is 2.58. The second kappa shape index (κ2) is 5.02. The Labute approximate surface area is 101 Å². The number of anilines is 1. The molecule has 4 heteroatoms. The summed E-state index contributed by atoms with van der Waals surface area (Å²) in [4.78, 5) is 1.90. The summed E-state index contributed by atoms with van der Waals surface area (Å²) in [6.07, 6.45) is 1.30. The van der Waals surface area contributed by atoms with E-state index in [1.54, 1.807) is 6.07 Å². The predicted octanol–water partition coefficient (Wildman–Crippen LogP) is 1.81. The first-order valence-corrected chi connectivity index (χ1v) is 6.06. The molecule has 1 saturated heterocycles. The van der Waals surface area contributed by atoms with E-state index in [0.29, 0.717) is 12.2 Å².